The minimum absolute atomic E-state index is 0.180. The number of aryl methyl sites for hydroxylation is 1. The van der Waals surface area contributed by atoms with Gasteiger partial charge in [-0.1, -0.05) is 20.8 Å². The number of benzene rings is 1. The number of rotatable bonds is 4. The van der Waals surface area contributed by atoms with Crippen LogP contribution in [-0.4, -0.2) is 15.9 Å². The van der Waals surface area contributed by atoms with Crippen LogP contribution in [0.25, 0.3) is 16.8 Å². The van der Waals surface area contributed by atoms with Gasteiger partial charge < -0.3 is 0 Å². The molecule has 0 amide bonds. The average molecular weight is 310 g/mol. The van der Waals surface area contributed by atoms with Crippen molar-refractivity contribution in [1.82, 2.24) is 9.61 Å². The van der Waals surface area contributed by atoms with Crippen molar-refractivity contribution in [2.24, 2.45) is 0 Å². The zero-order valence-corrected chi connectivity index (χ0v) is 13.5. The Bertz CT molecular complexity index is 863. The van der Waals surface area contributed by atoms with E-state index < -0.39 is 0 Å². The molecule has 0 N–H and O–H groups in total. The molecule has 0 bridgehead atoms. The maximum absolute atomic E-state index is 13.2. The topological polar surface area (TPSA) is 34.4 Å². The second kappa shape index (κ2) is 5.95. The normalized spacial score (nSPS) is 11.3. The summed E-state index contributed by atoms with van der Waals surface area (Å²) in [6.07, 6.45) is 1.71. The predicted molar refractivity (Wildman–Crippen MR) is 89.4 cm³/mol. The molecule has 0 unspecified atom stereocenters. The summed E-state index contributed by atoms with van der Waals surface area (Å²) in [4.78, 5) is 11.8. The fourth-order valence-corrected chi connectivity index (χ4v) is 3.03. The summed E-state index contributed by atoms with van der Waals surface area (Å²) in [5.74, 6) is -0.124. The van der Waals surface area contributed by atoms with Crippen LogP contribution < -0.4 is 0 Å². The van der Waals surface area contributed by atoms with Gasteiger partial charge in [0, 0.05) is 16.8 Å². The van der Waals surface area contributed by atoms with Crippen molar-refractivity contribution in [2.75, 3.05) is 0 Å². The fourth-order valence-electron chi connectivity index (χ4n) is 3.03. The van der Waals surface area contributed by atoms with Gasteiger partial charge >= 0.3 is 0 Å². The molecule has 0 radical (unpaired) electrons. The van der Waals surface area contributed by atoms with E-state index >= 15 is 0 Å². The molecule has 3 rings (SSSR count). The summed E-state index contributed by atoms with van der Waals surface area (Å²) < 4.78 is 15.1. The Hall–Kier alpha value is -2.49. The van der Waals surface area contributed by atoms with Crippen molar-refractivity contribution < 1.29 is 9.18 Å². The molecule has 0 saturated carbocycles. The summed E-state index contributed by atoms with van der Waals surface area (Å²) in [5, 5.41) is 4.68. The molecule has 23 heavy (non-hydrogen) atoms. The van der Waals surface area contributed by atoms with Crippen molar-refractivity contribution in [3.8, 4) is 11.3 Å². The lowest BCUT2D eigenvalue weighted by molar-refractivity contribution is 0.112. The molecule has 0 fully saturated rings. The number of carbonyl (C=O) groups excluding carboxylic acids is 1. The molecule has 0 spiro atoms. The summed E-state index contributed by atoms with van der Waals surface area (Å²) in [6.45, 7) is 6.20. The van der Waals surface area contributed by atoms with Gasteiger partial charge in [0.05, 0.1) is 5.52 Å². The number of hydrogen-bond donors (Lipinski definition) is 0. The number of carbonyl (C=O) groups is 1. The van der Waals surface area contributed by atoms with Crippen LogP contribution in [0.5, 0.6) is 0 Å². The van der Waals surface area contributed by atoms with Crippen molar-refractivity contribution in [1.29, 1.82) is 0 Å². The van der Waals surface area contributed by atoms with E-state index in [0.717, 1.165) is 35.0 Å². The Morgan fingerprint density at radius 1 is 1.17 bits per heavy atom. The quantitative estimate of drug-likeness (QED) is 0.658. The standard InChI is InChI=1S/C19H19FN2O/c1-4-15-9-10-17-18(12(2)3)16(11-23)19(21-22(15)17)13-5-7-14(20)8-6-13/h5-12H,4H2,1-3H3. The molecule has 0 atom stereocenters. The largest absolute Gasteiger partial charge is 0.298 e. The smallest absolute Gasteiger partial charge is 0.152 e. The van der Waals surface area contributed by atoms with Crippen molar-refractivity contribution in [3.63, 3.8) is 0 Å². The Kier molecular flexibility index (Phi) is 3.99. The van der Waals surface area contributed by atoms with Gasteiger partial charge in [-0.2, -0.15) is 5.10 Å². The first-order valence-electron chi connectivity index (χ1n) is 7.82. The minimum Gasteiger partial charge on any atom is -0.298 e. The molecule has 1 aromatic carbocycles. The maximum Gasteiger partial charge on any atom is 0.152 e. The first-order valence-corrected chi connectivity index (χ1v) is 7.82. The highest BCUT2D eigenvalue weighted by Crippen LogP contribution is 2.31. The van der Waals surface area contributed by atoms with Gasteiger partial charge in [-0.15, -0.1) is 0 Å². The average Bonchev–Trinajstić information content (AvgIpc) is 2.96. The van der Waals surface area contributed by atoms with E-state index in [-0.39, 0.29) is 11.7 Å². The highest BCUT2D eigenvalue weighted by atomic mass is 19.1. The van der Waals surface area contributed by atoms with Gasteiger partial charge in [0.25, 0.3) is 0 Å². The first kappa shape index (κ1) is 15.4. The third-order valence-corrected chi connectivity index (χ3v) is 4.13. The van der Waals surface area contributed by atoms with Gasteiger partial charge in [-0.3, -0.25) is 4.79 Å². The third kappa shape index (κ3) is 2.54. The summed E-state index contributed by atoms with van der Waals surface area (Å²) in [5.41, 5.74) is 4.96. The van der Waals surface area contributed by atoms with Crippen molar-refractivity contribution in [3.05, 3.63) is 59.0 Å². The summed E-state index contributed by atoms with van der Waals surface area (Å²) in [6, 6.07) is 10.2. The lowest BCUT2D eigenvalue weighted by Crippen LogP contribution is -2.08. The van der Waals surface area contributed by atoms with Gasteiger partial charge in [-0.25, -0.2) is 8.91 Å². The molecule has 4 heteroatoms. The molecular weight excluding hydrogens is 291 g/mol. The van der Waals surface area contributed by atoms with Gasteiger partial charge in [0.1, 0.15) is 11.5 Å². The van der Waals surface area contributed by atoms with E-state index in [1.54, 1.807) is 12.1 Å². The number of halogens is 1. The molecule has 0 aliphatic rings. The molecule has 0 aliphatic carbocycles. The number of nitrogens with zero attached hydrogens (tertiary/aromatic N) is 2. The van der Waals surface area contributed by atoms with E-state index in [1.807, 2.05) is 16.6 Å². The van der Waals surface area contributed by atoms with E-state index in [9.17, 15) is 9.18 Å². The molecule has 0 saturated heterocycles. The van der Waals surface area contributed by atoms with Gasteiger partial charge in [0.15, 0.2) is 6.29 Å². The zero-order valence-electron chi connectivity index (χ0n) is 13.5. The Morgan fingerprint density at radius 2 is 1.87 bits per heavy atom. The second-order valence-electron chi connectivity index (χ2n) is 5.93. The van der Waals surface area contributed by atoms with Crippen molar-refractivity contribution >= 4 is 11.8 Å². The van der Waals surface area contributed by atoms with Crippen LogP contribution in [0.4, 0.5) is 4.39 Å². The Labute approximate surface area is 134 Å². The van der Waals surface area contributed by atoms with E-state index in [0.29, 0.717) is 11.3 Å². The van der Waals surface area contributed by atoms with Crippen LogP contribution in [0.3, 0.4) is 0 Å². The SMILES string of the molecule is CCc1ccc2c(C(C)C)c(C=O)c(-c3ccc(F)cc3)nn12. The highest BCUT2D eigenvalue weighted by molar-refractivity contribution is 5.90. The van der Waals surface area contributed by atoms with Crippen LogP contribution in [0.1, 0.15) is 48.3 Å². The molecular formula is C19H19FN2O. The van der Waals surface area contributed by atoms with Crippen LogP contribution in [0, 0.1) is 5.82 Å². The number of aromatic nitrogens is 2. The summed E-state index contributed by atoms with van der Waals surface area (Å²) >= 11 is 0. The molecule has 2 heterocycles. The van der Waals surface area contributed by atoms with E-state index in [4.69, 9.17) is 0 Å². The van der Waals surface area contributed by atoms with Crippen LogP contribution in [0.2, 0.25) is 0 Å². The highest BCUT2D eigenvalue weighted by Gasteiger charge is 2.19. The van der Waals surface area contributed by atoms with Crippen LogP contribution in [-0.2, 0) is 6.42 Å². The lowest BCUT2D eigenvalue weighted by atomic mass is 9.94. The molecule has 3 aromatic rings. The number of fused-ring (bicyclic) bond motifs is 1. The fraction of sp³-hybridized carbons (Fsp3) is 0.263. The minimum atomic E-state index is -0.304. The third-order valence-electron chi connectivity index (χ3n) is 4.13. The maximum atomic E-state index is 13.2. The molecule has 0 aliphatic heterocycles. The Morgan fingerprint density at radius 3 is 2.43 bits per heavy atom. The number of aldehydes is 1. The molecule has 2 aromatic heterocycles. The molecule has 3 nitrogen and oxygen atoms in total. The first-order chi connectivity index (χ1) is 11.1. The predicted octanol–water partition coefficient (Wildman–Crippen LogP) is 4.64. The Balaban J connectivity index is 2.40. The monoisotopic (exact) mass is 310 g/mol. The number of hydrogen-bond acceptors (Lipinski definition) is 2. The van der Waals surface area contributed by atoms with Crippen LogP contribution >= 0.6 is 0 Å². The van der Waals surface area contributed by atoms with E-state index in [2.05, 4.69) is 25.9 Å². The van der Waals surface area contributed by atoms with Crippen LogP contribution in [0.15, 0.2) is 36.4 Å². The lowest BCUT2D eigenvalue weighted by Gasteiger charge is -2.16. The zero-order chi connectivity index (χ0) is 16.6. The van der Waals surface area contributed by atoms with Gasteiger partial charge in [0.2, 0.25) is 0 Å². The van der Waals surface area contributed by atoms with E-state index in [1.165, 1.54) is 12.1 Å². The molecule has 118 valence electrons. The summed E-state index contributed by atoms with van der Waals surface area (Å²) in [7, 11) is 0. The van der Waals surface area contributed by atoms with Gasteiger partial charge in [-0.05, 0) is 54.3 Å². The second-order valence-corrected chi connectivity index (χ2v) is 5.93. The van der Waals surface area contributed by atoms with Crippen molar-refractivity contribution in [2.45, 2.75) is 33.1 Å².